The van der Waals surface area contributed by atoms with E-state index in [1.54, 1.807) is 13.0 Å². The van der Waals surface area contributed by atoms with Crippen molar-refractivity contribution in [3.05, 3.63) is 43.8 Å². The van der Waals surface area contributed by atoms with Gasteiger partial charge in [0.15, 0.2) is 0 Å². The standard InChI is InChI=1S/C9H10N2O2.C6H12O2/c1-3-5-7-6(4-2)8(12)10-11-9(7)13;1-2-3-4-5-6(7)8/h3-5H,1H2,2H3,(H,10,12)(H,11,13);2-5H2,1H3,(H,7,8)/b6-4+,7-5+;. The van der Waals surface area contributed by atoms with Crippen molar-refractivity contribution in [3.63, 3.8) is 0 Å². The molecule has 0 saturated heterocycles. The Balaban J connectivity index is 0.000000433. The Bertz CT molecular complexity index is 683. The number of hydrogen-bond acceptors (Lipinski definition) is 3. The third-order valence-corrected chi connectivity index (χ3v) is 2.64. The van der Waals surface area contributed by atoms with Crippen LogP contribution in [-0.4, -0.2) is 21.3 Å². The van der Waals surface area contributed by atoms with Gasteiger partial charge >= 0.3 is 5.97 Å². The first-order chi connectivity index (χ1) is 9.97. The molecule has 6 heteroatoms. The molecule has 0 amide bonds. The SMILES string of the molecule is C=C/C=c1/c(=O)[nH][nH]c(=O)/c1=C/C.CCCCCC(=O)O. The third-order valence-electron chi connectivity index (χ3n) is 2.64. The van der Waals surface area contributed by atoms with Gasteiger partial charge in [-0.25, -0.2) is 0 Å². The van der Waals surface area contributed by atoms with Gasteiger partial charge in [-0.15, -0.1) is 0 Å². The van der Waals surface area contributed by atoms with Gasteiger partial charge in [0.25, 0.3) is 11.1 Å². The van der Waals surface area contributed by atoms with Crippen LogP contribution < -0.4 is 21.6 Å². The maximum absolute atomic E-state index is 11.2. The average Bonchev–Trinajstić information content (AvgIpc) is 2.44. The molecule has 1 rings (SSSR count). The number of carboxylic acids is 1. The van der Waals surface area contributed by atoms with Crippen molar-refractivity contribution in [2.75, 3.05) is 0 Å². The van der Waals surface area contributed by atoms with Gasteiger partial charge in [0.05, 0.1) is 5.22 Å². The zero-order valence-corrected chi connectivity index (χ0v) is 12.4. The van der Waals surface area contributed by atoms with Crippen LogP contribution >= 0.6 is 0 Å². The van der Waals surface area contributed by atoms with E-state index in [0.29, 0.717) is 16.9 Å². The van der Waals surface area contributed by atoms with E-state index < -0.39 is 5.97 Å². The summed E-state index contributed by atoms with van der Waals surface area (Å²) in [6, 6.07) is 0. The molecule has 1 heterocycles. The molecular formula is C15H22N2O4. The molecule has 1 aromatic rings. The largest absolute Gasteiger partial charge is 0.481 e. The number of unbranched alkanes of at least 4 members (excludes halogenated alkanes) is 2. The molecule has 0 aliphatic heterocycles. The number of H-pyrrole nitrogens is 2. The lowest BCUT2D eigenvalue weighted by molar-refractivity contribution is -0.137. The molecule has 0 fully saturated rings. The van der Waals surface area contributed by atoms with Crippen molar-refractivity contribution in [1.82, 2.24) is 10.2 Å². The number of hydrogen-bond donors (Lipinski definition) is 3. The predicted molar refractivity (Wildman–Crippen MR) is 83.5 cm³/mol. The van der Waals surface area contributed by atoms with Crippen LogP contribution in [0, 0.1) is 0 Å². The molecule has 0 unspecified atom stereocenters. The Hall–Kier alpha value is -2.37. The smallest absolute Gasteiger partial charge is 0.303 e. The van der Waals surface area contributed by atoms with Crippen LogP contribution in [0.5, 0.6) is 0 Å². The van der Waals surface area contributed by atoms with E-state index in [1.165, 1.54) is 12.2 Å². The summed E-state index contributed by atoms with van der Waals surface area (Å²) < 4.78 is 0. The van der Waals surface area contributed by atoms with Gasteiger partial charge in [-0.2, -0.15) is 0 Å². The van der Waals surface area contributed by atoms with E-state index in [-0.39, 0.29) is 11.1 Å². The Morgan fingerprint density at radius 1 is 1.19 bits per heavy atom. The maximum atomic E-state index is 11.2. The molecule has 3 N–H and O–H groups in total. The first kappa shape index (κ1) is 18.6. The second-order valence-electron chi connectivity index (χ2n) is 4.28. The van der Waals surface area contributed by atoms with Gasteiger partial charge in [-0.05, 0) is 19.4 Å². The molecule has 0 aliphatic carbocycles. The van der Waals surface area contributed by atoms with Gasteiger partial charge < -0.3 is 5.11 Å². The quantitative estimate of drug-likeness (QED) is 0.687. The summed E-state index contributed by atoms with van der Waals surface area (Å²) in [4.78, 5) is 32.3. The highest BCUT2D eigenvalue weighted by Gasteiger charge is 1.94. The van der Waals surface area contributed by atoms with Crippen LogP contribution in [0.3, 0.4) is 0 Å². The number of allylic oxidation sites excluding steroid dienone is 1. The number of carbonyl (C=O) groups is 1. The van der Waals surface area contributed by atoms with Crippen LogP contribution in [0.4, 0.5) is 0 Å². The fourth-order valence-corrected chi connectivity index (χ4v) is 1.59. The van der Waals surface area contributed by atoms with Gasteiger partial charge in [0.1, 0.15) is 0 Å². The van der Waals surface area contributed by atoms with Crippen LogP contribution in [-0.2, 0) is 4.79 Å². The Morgan fingerprint density at radius 2 is 1.76 bits per heavy atom. The van der Waals surface area contributed by atoms with Crippen LogP contribution in [0.25, 0.3) is 12.2 Å². The van der Waals surface area contributed by atoms with E-state index in [4.69, 9.17) is 5.11 Å². The monoisotopic (exact) mass is 294 g/mol. The molecule has 0 atom stereocenters. The summed E-state index contributed by atoms with van der Waals surface area (Å²) in [6.45, 7) is 7.22. The number of aromatic nitrogens is 2. The van der Waals surface area contributed by atoms with E-state index in [9.17, 15) is 14.4 Å². The Kier molecular flexibility index (Phi) is 9.25. The molecule has 0 aliphatic rings. The van der Waals surface area contributed by atoms with Crippen LogP contribution in [0.1, 0.15) is 39.5 Å². The van der Waals surface area contributed by atoms with Crippen molar-refractivity contribution in [2.24, 2.45) is 0 Å². The average molecular weight is 294 g/mol. The lowest BCUT2D eigenvalue weighted by Gasteiger charge is -1.89. The minimum atomic E-state index is -0.682. The molecule has 6 nitrogen and oxygen atoms in total. The minimum absolute atomic E-state index is 0.310. The highest BCUT2D eigenvalue weighted by Crippen LogP contribution is 1.97. The zero-order valence-electron chi connectivity index (χ0n) is 12.4. The normalized spacial score (nSPS) is 11.7. The molecule has 1 aromatic heterocycles. The predicted octanol–water partition coefficient (Wildman–Crippen LogP) is 0.481. The topological polar surface area (TPSA) is 103 Å². The Morgan fingerprint density at radius 3 is 2.19 bits per heavy atom. The molecule has 0 bridgehead atoms. The van der Waals surface area contributed by atoms with Gasteiger partial charge in [0, 0.05) is 11.6 Å². The summed E-state index contributed by atoms with van der Waals surface area (Å²) >= 11 is 0. The molecule has 21 heavy (non-hydrogen) atoms. The van der Waals surface area contributed by atoms with Crippen molar-refractivity contribution in [3.8, 4) is 0 Å². The first-order valence-electron chi connectivity index (χ1n) is 6.79. The fourth-order valence-electron chi connectivity index (χ4n) is 1.59. The molecule has 0 radical (unpaired) electrons. The Labute approximate surface area is 122 Å². The number of nitrogens with one attached hydrogen (secondary N) is 2. The number of aliphatic carboxylic acids is 1. The molecule has 0 saturated carbocycles. The molecule has 0 spiro atoms. The summed E-state index contributed by atoms with van der Waals surface area (Å²) in [5, 5.41) is 13.3. The van der Waals surface area contributed by atoms with Gasteiger partial charge in [-0.1, -0.05) is 38.5 Å². The van der Waals surface area contributed by atoms with Crippen molar-refractivity contribution < 1.29 is 9.90 Å². The summed E-state index contributed by atoms with van der Waals surface area (Å²) in [5.41, 5.74) is -0.636. The summed E-state index contributed by atoms with van der Waals surface area (Å²) in [6.07, 6.45) is 7.84. The molecule has 116 valence electrons. The van der Waals surface area contributed by atoms with E-state index in [0.717, 1.165) is 19.3 Å². The number of rotatable bonds is 5. The van der Waals surface area contributed by atoms with E-state index in [2.05, 4.69) is 23.7 Å². The number of aromatic amines is 2. The number of carboxylic acid groups (broad SMARTS) is 1. The summed E-state index contributed by atoms with van der Waals surface area (Å²) in [5.74, 6) is -0.682. The van der Waals surface area contributed by atoms with Crippen molar-refractivity contribution in [1.29, 1.82) is 0 Å². The van der Waals surface area contributed by atoms with Gasteiger partial charge in [0.2, 0.25) is 0 Å². The zero-order chi connectivity index (χ0) is 16.3. The molecule has 0 aromatic carbocycles. The lowest BCUT2D eigenvalue weighted by atomic mass is 10.2. The van der Waals surface area contributed by atoms with E-state index in [1.807, 2.05) is 0 Å². The summed E-state index contributed by atoms with van der Waals surface area (Å²) in [7, 11) is 0. The van der Waals surface area contributed by atoms with Gasteiger partial charge in [-0.3, -0.25) is 24.6 Å². The van der Waals surface area contributed by atoms with Crippen LogP contribution in [0.15, 0.2) is 22.2 Å². The van der Waals surface area contributed by atoms with Crippen molar-refractivity contribution >= 4 is 18.1 Å². The minimum Gasteiger partial charge on any atom is -0.481 e. The second-order valence-corrected chi connectivity index (χ2v) is 4.28. The van der Waals surface area contributed by atoms with Crippen molar-refractivity contribution in [2.45, 2.75) is 39.5 Å². The fraction of sp³-hybridized carbons (Fsp3) is 0.400. The second kappa shape index (κ2) is 10.4. The maximum Gasteiger partial charge on any atom is 0.303 e. The lowest BCUT2D eigenvalue weighted by Crippen LogP contribution is -2.50. The highest BCUT2D eigenvalue weighted by molar-refractivity contribution is 5.66. The first-order valence-corrected chi connectivity index (χ1v) is 6.79. The molecular weight excluding hydrogens is 272 g/mol. The third kappa shape index (κ3) is 7.10. The van der Waals surface area contributed by atoms with E-state index >= 15 is 0 Å². The highest BCUT2D eigenvalue weighted by atomic mass is 16.4. The van der Waals surface area contributed by atoms with Crippen LogP contribution in [0.2, 0.25) is 0 Å².